The largest absolute Gasteiger partial charge is 0.321 e. The van der Waals surface area contributed by atoms with Crippen molar-refractivity contribution in [2.75, 3.05) is 11.9 Å². The Morgan fingerprint density at radius 3 is 2.81 bits per heavy atom. The maximum atomic E-state index is 12.4. The summed E-state index contributed by atoms with van der Waals surface area (Å²) in [6, 6.07) is 14.6. The van der Waals surface area contributed by atoms with Gasteiger partial charge in [-0.15, -0.1) is 0 Å². The van der Waals surface area contributed by atoms with E-state index in [1.54, 1.807) is 22.9 Å². The van der Waals surface area contributed by atoms with E-state index in [-0.39, 0.29) is 17.5 Å². The molecule has 1 aliphatic rings. The fraction of sp³-hybridized carbons (Fsp3) is 0.250. The number of carbonyl (C=O) groups is 1. The molecule has 0 radical (unpaired) electrons. The molecule has 1 unspecified atom stereocenters. The van der Waals surface area contributed by atoms with Crippen LogP contribution < -0.4 is 16.2 Å². The molecule has 0 bridgehead atoms. The van der Waals surface area contributed by atoms with Gasteiger partial charge in [-0.3, -0.25) is 14.7 Å². The summed E-state index contributed by atoms with van der Waals surface area (Å²) >= 11 is 0. The summed E-state index contributed by atoms with van der Waals surface area (Å²) in [5, 5.41) is 13.3. The number of hydrogen-bond donors (Lipinski definition) is 3. The van der Waals surface area contributed by atoms with Gasteiger partial charge in [-0.1, -0.05) is 18.2 Å². The lowest BCUT2D eigenvalue weighted by Gasteiger charge is -2.07. The quantitative estimate of drug-likeness (QED) is 0.649. The van der Waals surface area contributed by atoms with Gasteiger partial charge in [0.25, 0.3) is 11.5 Å². The molecule has 0 aliphatic carbocycles. The van der Waals surface area contributed by atoms with Crippen molar-refractivity contribution in [1.29, 1.82) is 0 Å². The second-order valence-corrected chi connectivity index (χ2v) is 6.68. The zero-order valence-corrected chi connectivity index (χ0v) is 14.8. The van der Waals surface area contributed by atoms with Crippen molar-refractivity contribution in [3.8, 4) is 0 Å². The summed E-state index contributed by atoms with van der Waals surface area (Å²) in [5.41, 5.74) is 2.95. The van der Waals surface area contributed by atoms with Gasteiger partial charge in [0.2, 0.25) is 0 Å². The van der Waals surface area contributed by atoms with E-state index in [4.69, 9.17) is 0 Å². The highest BCUT2D eigenvalue weighted by atomic mass is 16.2. The van der Waals surface area contributed by atoms with Gasteiger partial charge in [-0.2, -0.15) is 5.10 Å². The molecule has 27 heavy (non-hydrogen) atoms. The van der Waals surface area contributed by atoms with Crippen LogP contribution in [0.15, 0.2) is 59.5 Å². The van der Waals surface area contributed by atoms with Crippen molar-refractivity contribution in [3.63, 3.8) is 0 Å². The fourth-order valence-electron chi connectivity index (χ4n) is 3.26. The number of rotatable bonds is 5. The molecule has 0 saturated carbocycles. The standard InChI is InChI=1S/C20H21N5O2/c26-19-5-1-2-11-25(19)13-14-6-8-15(9-7-14)22-20(27)18-12-17(23-24-18)16-4-3-10-21-16/h1-2,5-9,11-12,16,21H,3-4,10,13H2,(H,22,27)(H,23,24). The van der Waals surface area contributed by atoms with Crippen LogP contribution in [-0.4, -0.2) is 27.2 Å². The maximum absolute atomic E-state index is 12.4. The van der Waals surface area contributed by atoms with Gasteiger partial charge in [-0.05, 0) is 49.2 Å². The Labute approximate surface area is 156 Å². The van der Waals surface area contributed by atoms with Crippen LogP contribution >= 0.6 is 0 Å². The molecule has 1 fully saturated rings. The molecular weight excluding hydrogens is 342 g/mol. The summed E-state index contributed by atoms with van der Waals surface area (Å²) in [7, 11) is 0. The molecule has 3 N–H and O–H groups in total. The zero-order valence-electron chi connectivity index (χ0n) is 14.8. The van der Waals surface area contributed by atoms with Crippen LogP contribution in [0.3, 0.4) is 0 Å². The highest BCUT2D eigenvalue weighted by Gasteiger charge is 2.20. The van der Waals surface area contributed by atoms with E-state index in [1.165, 1.54) is 6.07 Å². The number of pyridine rings is 1. The summed E-state index contributed by atoms with van der Waals surface area (Å²) in [6.07, 6.45) is 3.94. The van der Waals surface area contributed by atoms with Gasteiger partial charge in [0.1, 0.15) is 0 Å². The first-order valence-corrected chi connectivity index (χ1v) is 9.03. The number of benzene rings is 1. The SMILES string of the molecule is O=C(Nc1ccc(Cn2ccccc2=O)cc1)c1cc(C2CCCN2)[nH]n1. The van der Waals surface area contributed by atoms with E-state index < -0.39 is 0 Å². The molecule has 3 heterocycles. The van der Waals surface area contributed by atoms with Gasteiger partial charge in [0, 0.05) is 24.0 Å². The van der Waals surface area contributed by atoms with Crippen LogP contribution in [0, 0.1) is 0 Å². The minimum Gasteiger partial charge on any atom is -0.321 e. The molecular formula is C20H21N5O2. The van der Waals surface area contributed by atoms with Crippen LogP contribution in [0.4, 0.5) is 5.69 Å². The first kappa shape index (κ1) is 17.2. The third-order valence-electron chi connectivity index (χ3n) is 4.73. The smallest absolute Gasteiger partial charge is 0.276 e. The number of nitrogens with one attached hydrogen (secondary N) is 3. The molecule has 1 aliphatic heterocycles. The van der Waals surface area contributed by atoms with E-state index in [1.807, 2.05) is 30.3 Å². The lowest BCUT2D eigenvalue weighted by molar-refractivity contribution is 0.102. The predicted molar refractivity (Wildman–Crippen MR) is 103 cm³/mol. The molecule has 0 spiro atoms. The van der Waals surface area contributed by atoms with Crippen LogP contribution in [-0.2, 0) is 6.54 Å². The summed E-state index contributed by atoms with van der Waals surface area (Å²) in [6.45, 7) is 1.48. The Kier molecular flexibility index (Phi) is 4.84. The molecule has 138 valence electrons. The van der Waals surface area contributed by atoms with Gasteiger partial charge in [0.15, 0.2) is 5.69 Å². The molecule has 2 aromatic heterocycles. The second-order valence-electron chi connectivity index (χ2n) is 6.68. The Morgan fingerprint density at radius 1 is 1.22 bits per heavy atom. The van der Waals surface area contributed by atoms with Crippen LogP contribution in [0.2, 0.25) is 0 Å². The fourth-order valence-corrected chi connectivity index (χ4v) is 3.26. The number of hydrogen-bond acceptors (Lipinski definition) is 4. The minimum absolute atomic E-state index is 0.0408. The Bertz CT molecular complexity index is 984. The van der Waals surface area contributed by atoms with Gasteiger partial charge < -0.3 is 15.2 Å². The number of aromatic amines is 1. The first-order chi connectivity index (χ1) is 13.2. The number of carbonyl (C=O) groups excluding carboxylic acids is 1. The minimum atomic E-state index is -0.248. The topological polar surface area (TPSA) is 91.8 Å². The molecule has 1 aromatic carbocycles. The summed E-state index contributed by atoms with van der Waals surface area (Å²) < 4.78 is 1.63. The van der Waals surface area contributed by atoms with E-state index in [9.17, 15) is 9.59 Å². The molecule has 1 amide bonds. The number of aromatic nitrogens is 3. The third-order valence-corrected chi connectivity index (χ3v) is 4.73. The van der Waals surface area contributed by atoms with Gasteiger partial charge >= 0.3 is 0 Å². The molecule has 7 heteroatoms. The highest BCUT2D eigenvalue weighted by Crippen LogP contribution is 2.22. The number of amides is 1. The lowest BCUT2D eigenvalue weighted by Crippen LogP contribution is -2.18. The average Bonchev–Trinajstić information content (AvgIpc) is 3.36. The van der Waals surface area contributed by atoms with E-state index in [2.05, 4.69) is 20.8 Å². The van der Waals surface area contributed by atoms with Crippen molar-refractivity contribution in [1.82, 2.24) is 20.1 Å². The maximum Gasteiger partial charge on any atom is 0.276 e. The van der Waals surface area contributed by atoms with Crippen molar-refractivity contribution < 1.29 is 4.79 Å². The van der Waals surface area contributed by atoms with Crippen molar-refractivity contribution >= 4 is 11.6 Å². The lowest BCUT2D eigenvalue weighted by atomic mass is 10.1. The van der Waals surface area contributed by atoms with Crippen LogP contribution in [0.1, 0.15) is 40.6 Å². The van der Waals surface area contributed by atoms with Crippen LogP contribution in [0.25, 0.3) is 0 Å². The molecule has 1 saturated heterocycles. The first-order valence-electron chi connectivity index (χ1n) is 9.03. The van der Waals surface area contributed by atoms with Gasteiger partial charge in [-0.25, -0.2) is 0 Å². The number of anilines is 1. The van der Waals surface area contributed by atoms with Crippen molar-refractivity contribution in [2.24, 2.45) is 0 Å². The number of nitrogens with zero attached hydrogens (tertiary/aromatic N) is 2. The zero-order chi connectivity index (χ0) is 18.6. The molecule has 7 nitrogen and oxygen atoms in total. The van der Waals surface area contributed by atoms with E-state index >= 15 is 0 Å². The summed E-state index contributed by atoms with van der Waals surface area (Å²) in [5.74, 6) is -0.248. The molecule has 1 atom stereocenters. The second kappa shape index (κ2) is 7.59. The van der Waals surface area contributed by atoms with Crippen molar-refractivity contribution in [2.45, 2.75) is 25.4 Å². The summed E-state index contributed by atoms with van der Waals surface area (Å²) in [4.78, 5) is 24.2. The average molecular weight is 363 g/mol. The van der Waals surface area contributed by atoms with Crippen molar-refractivity contribution in [3.05, 3.63) is 82.0 Å². The predicted octanol–water partition coefficient (Wildman–Crippen LogP) is 2.30. The Morgan fingerprint density at radius 2 is 2.07 bits per heavy atom. The van der Waals surface area contributed by atoms with Gasteiger partial charge in [0.05, 0.1) is 12.2 Å². The normalized spacial score (nSPS) is 16.4. The molecule has 4 rings (SSSR count). The van der Waals surface area contributed by atoms with E-state index in [0.717, 1.165) is 30.6 Å². The Hall–Kier alpha value is -3.19. The Balaban J connectivity index is 1.40. The third kappa shape index (κ3) is 3.98. The monoisotopic (exact) mass is 363 g/mol. The number of H-pyrrole nitrogens is 1. The molecule has 3 aromatic rings. The highest BCUT2D eigenvalue weighted by molar-refractivity contribution is 6.02. The van der Waals surface area contributed by atoms with E-state index in [0.29, 0.717) is 17.9 Å². The van der Waals surface area contributed by atoms with Crippen LogP contribution in [0.5, 0.6) is 0 Å².